The molecule has 0 saturated heterocycles. The Kier molecular flexibility index (Phi) is 4.08. The number of methoxy groups -OCH3 is 2. The molecule has 5 heteroatoms. The van der Waals surface area contributed by atoms with Gasteiger partial charge in [0.15, 0.2) is 17.3 Å². The number of benzene rings is 1. The van der Waals surface area contributed by atoms with E-state index in [1.54, 1.807) is 12.1 Å². The summed E-state index contributed by atoms with van der Waals surface area (Å²) in [5.74, 6) is -0.480. The van der Waals surface area contributed by atoms with Crippen LogP contribution in [0.1, 0.15) is 28.8 Å². The highest BCUT2D eigenvalue weighted by molar-refractivity contribution is 6.00. The molecular weight excluding hydrogens is 260 g/mol. The molecule has 1 aliphatic carbocycles. The minimum atomic E-state index is -1.13. The first kappa shape index (κ1) is 14.1. The molecule has 1 aliphatic rings. The van der Waals surface area contributed by atoms with Gasteiger partial charge in [-0.05, 0) is 30.5 Å². The Hall–Kier alpha value is -2.30. The van der Waals surface area contributed by atoms with Gasteiger partial charge in [-0.1, -0.05) is 12.1 Å². The number of ketones is 1. The zero-order chi connectivity index (χ0) is 14.7. The third-order valence-electron chi connectivity index (χ3n) is 3.20. The molecule has 5 nitrogen and oxygen atoms in total. The molecule has 1 aromatic carbocycles. The van der Waals surface area contributed by atoms with Crippen LogP contribution in [0.2, 0.25) is 0 Å². The fourth-order valence-corrected chi connectivity index (χ4v) is 1.98. The number of ether oxygens (including phenoxy) is 2. The standard InChI is InChI=1S/C15H16O5/c1-19-12-8-6-10(5-7-11(16)9-3-4-9)13(15(17)18)14(12)20-2/h5-9H,3-4H2,1-2H3,(H,17,18). The second-order valence-electron chi connectivity index (χ2n) is 4.58. The molecule has 0 amide bonds. The highest BCUT2D eigenvalue weighted by atomic mass is 16.5. The molecule has 0 aromatic heterocycles. The van der Waals surface area contributed by atoms with Crippen molar-refractivity contribution < 1.29 is 24.2 Å². The Labute approximate surface area is 116 Å². The number of allylic oxidation sites excluding steroid dienone is 1. The van der Waals surface area contributed by atoms with Crippen LogP contribution in [0.4, 0.5) is 0 Å². The van der Waals surface area contributed by atoms with Crippen molar-refractivity contribution in [3.8, 4) is 11.5 Å². The van der Waals surface area contributed by atoms with Crippen LogP contribution in [-0.4, -0.2) is 31.1 Å². The normalized spacial score (nSPS) is 14.3. The molecule has 2 rings (SSSR count). The lowest BCUT2D eigenvalue weighted by Crippen LogP contribution is -2.05. The number of rotatable bonds is 6. The number of carboxylic acids is 1. The number of aromatic carboxylic acids is 1. The summed E-state index contributed by atoms with van der Waals surface area (Å²) in [6.45, 7) is 0. The monoisotopic (exact) mass is 276 g/mol. The number of hydrogen-bond donors (Lipinski definition) is 1. The van der Waals surface area contributed by atoms with E-state index < -0.39 is 5.97 Å². The van der Waals surface area contributed by atoms with Crippen LogP contribution in [0.25, 0.3) is 6.08 Å². The maximum Gasteiger partial charge on any atom is 0.340 e. The minimum Gasteiger partial charge on any atom is -0.493 e. The summed E-state index contributed by atoms with van der Waals surface area (Å²) in [4.78, 5) is 23.1. The van der Waals surface area contributed by atoms with Gasteiger partial charge in [0.1, 0.15) is 5.56 Å². The SMILES string of the molecule is COc1ccc(C=CC(=O)C2CC2)c(C(=O)O)c1OC. The first-order valence-corrected chi connectivity index (χ1v) is 6.28. The Balaban J connectivity index is 2.41. The highest BCUT2D eigenvalue weighted by Gasteiger charge is 2.27. The predicted octanol–water partition coefficient (Wildman–Crippen LogP) is 2.39. The fraction of sp³-hybridized carbons (Fsp3) is 0.333. The van der Waals surface area contributed by atoms with E-state index in [9.17, 15) is 14.7 Å². The molecule has 0 heterocycles. The molecule has 1 aromatic rings. The zero-order valence-corrected chi connectivity index (χ0v) is 11.4. The Morgan fingerprint density at radius 3 is 2.45 bits per heavy atom. The summed E-state index contributed by atoms with van der Waals surface area (Å²) in [5.41, 5.74) is 0.413. The predicted molar refractivity (Wildman–Crippen MR) is 73.3 cm³/mol. The summed E-state index contributed by atoms with van der Waals surface area (Å²) >= 11 is 0. The van der Waals surface area contributed by atoms with Crippen LogP contribution in [0.5, 0.6) is 11.5 Å². The average Bonchev–Trinajstić information content (AvgIpc) is 3.27. The van der Waals surface area contributed by atoms with E-state index >= 15 is 0 Å². The van der Waals surface area contributed by atoms with Gasteiger partial charge in [0.25, 0.3) is 0 Å². The van der Waals surface area contributed by atoms with E-state index in [1.807, 2.05) is 0 Å². The van der Waals surface area contributed by atoms with Gasteiger partial charge in [0, 0.05) is 5.92 Å². The van der Waals surface area contributed by atoms with Gasteiger partial charge in [-0.25, -0.2) is 4.79 Å². The Morgan fingerprint density at radius 1 is 1.25 bits per heavy atom. The first-order valence-electron chi connectivity index (χ1n) is 6.28. The van der Waals surface area contributed by atoms with Crippen LogP contribution in [0.3, 0.4) is 0 Å². The Bertz CT molecular complexity index is 570. The fourth-order valence-electron chi connectivity index (χ4n) is 1.98. The molecule has 0 unspecified atom stereocenters. The second kappa shape index (κ2) is 5.77. The molecular formula is C15H16O5. The molecule has 0 spiro atoms. The molecule has 1 N–H and O–H groups in total. The molecule has 1 fully saturated rings. The number of carbonyl (C=O) groups excluding carboxylic acids is 1. The third-order valence-corrected chi connectivity index (χ3v) is 3.20. The Morgan fingerprint density at radius 2 is 1.95 bits per heavy atom. The first-order chi connectivity index (χ1) is 9.58. The second-order valence-corrected chi connectivity index (χ2v) is 4.58. The van der Waals surface area contributed by atoms with Crippen LogP contribution < -0.4 is 9.47 Å². The van der Waals surface area contributed by atoms with Crippen molar-refractivity contribution in [3.63, 3.8) is 0 Å². The van der Waals surface area contributed by atoms with E-state index in [0.717, 1.165) is 12.8 Å². The van der Waals surface area contributed by atoms with Crippen molar-refractivity contribution in [1.29, 1.82) is 0 Å². The zero-order valence-electron chi connectivity index (χ0n) is 11.4. The van der Waals surface area contributed by atoms with Crippen molar-refractivity contribution in [2.75, 3.05) is 14.2 Å². The third kappa shape index (κ3) is 2.82. The summed E-state index contributed by atoms with van der Waals surface area (Å²) < 4.78 is 10.2. The molecule has 1 saturated carbocycles. The summed E-state index contributed by atoms with van der Waals surface area (Å²) in [6.07, 6.45) is 4.79. The lowest BCUT2D eigenvalue weighted by atomic mass is 10.0. The molecule has 0 atom stereocenters. The lowest BCUT2D eigenvalue weighted by molar-refractivity contribution is -0.115. The molecule has 0 aliphatic heterocycles. The number of carbonyl (C=O) groups is 2. The van der Waals surface area contributed by atoms with Crippen LogP contribution in [0, 0.1) is 5.92 Å². The topological polar surface area (TPSA) is 72.8 Å². The molecule has 0 bridgehead atoms. The van der Waals surface area contributed by atoms with Crippen molar-refractivity contribution >= 4 is 17.8 Å². The van der Waals surface area contributed by atoms with Gasteiger partial charge in [-0.2, -0.15) is 0 Å². The molecule has 20 heavy (non-hydrogen) atoms. The van der Waals surface area contributed by atoms with E-state index in [-0.39, 0.29) is 23.0 Å². The van der Waals surface area contributed by atoms with Crippen molar-refractivity contribution in [1.82, 2.24) is 0 Å². The number of carboxylic acid groups (broad SMARTS) is 1. The van der Waals surface area contributed by atoms with Gasteiger partial charge in [-0.3, -0.25) is 4.79 Å². The largest absolute Gasteiger partial charge is 0.493 e. The van der Waals surface area contributed by atoms with Gasteiger partial charge in [-0.15, -0.1) is 0 Å². The van der Waals surface area contributed by atoms with Crippen LogP contribution >= 0.6 is 0 Å². The summed E-state index contributed by atoms with van der Waals surface area (Å²) in [5, 5.41) is 9.33. The maximum atomic E-state index is 11.6. The van der Waals surface area contributed by atoms with Gasteiger partial charge >= 0.3 is 5.97 Å². The smallest absolute Gasteiger partial charge is 0.340 e. The van der Waals surface area contributed by atoms with E-state index in [1.165, 1.54) is 26.4 Å². The van der Waals surface area contributed by atoms with E-state index in [2.05, 4.69) is 0 Å². The van der Waals surface area contributed by atoms with Gasteiger partial charge in [0.05, 0.1) is 14.2 Å². The van der Waals surface area contributed by atoms with Crippen LogP contribution in [0.15, 0.2) is 18.2 Å². The van der Waals surface area contributed by atoms with Gasteiger partial charge < -0.3 is 14.6 Å². The van der Waals surface area contributed by atoms with Crippen molar-refractivity contribution in [2.45, 2.75) is 12.8 Å². The van der Waals surface area contributed by atoms with Gasteiger partial charge in [0.2, 0.25) is 0 Å². The summed E-state index contributed by atoms with van der Waals surface area (Å²) in [7, 11) is 2.82. The molecule has 0 radical (unpaired) electrons. The highest BCUT2D eigenvalue weighted by Crippen LogP contribution is 2.35. The average molecular weight is 276 g/mol. The van der Waals surface area contributed by atoms with Crippen molar-refractivity contribution in [3.05, 3.63) is 29.3 Å². The van der Waals surface area contributed by atoms with E-state index in [4.69, 9.17) is 9.47 Å². The van der Waals surface area contributed by atoms with E-state index in [0.29, 0.717) is 11.3 Å². The van der Waals surface area contributed by atoms with Crippen molar-refractivity contribution in [2.24, 2.45) is 5.92 Å². The maximum absolute atomic E-state index is 11.6. The summed E-state index contributed by atoms with van der Waals surface area (Å²) in [6, 6.07) is 3.22. The number of hydrogen-bond acceptors (Lipinski definition) is 4. The molecule has 106 valence electrons. The minimum absolute atomic E-state index is 0.00769. The quantitative estimate of drug-likeness (QED) is 0.808. The lowest BCUT2D eigenvalue weighted by Gasteiger charge is -2.12. The van der Waals surface area contributed by atoms with Crippen LogP contribution in [-0.2, 0) is 4.79 Å².